The first-order valence-corrected chi connectivity index (χ1v) is 13.6. The third kappa shape index (κ3) is 8.54. The normalized spacial score (nSPS) is 11.8. The second-order valence-corrected chi connectivity index (χ2v) is 11.0. The van der Waals surface area contributed by atoms with Crippen LogP contribution in [0.15, 0.2) is 79.1 Å². The van der Waals surface area contributed by atoms with E-state index < -0.39 is 23.6 Å². The first-order chi connectivity index (χ1) is 20.0. The molecular weight excluding hydrogens is 534 g/mol. The van der Waals surface area contributed by atoms with Gasteiger partial charge in [0.05, 0.1) is 5.92 Å². The van der Waals surface area contributed by atoms with Crippen LogP contribution in [0.5, 0.6) is 11.5 Å². The molecule has 0 aliphatic rings. The molecule has 0 saturated carbocycles. The van der Waals surface area contributed by atoms with E-state index in [4.69, 9.17) is 14.2 Å². The number of fused-ring (bicyclic) bond motifs is 1. The van der Waals surface area contributed by atoms with Crippen LogP contribution in [0.25, 0.3) is 10.8 Å². The summed E-state index contributed by atoms with van der Waals surface area (Å²) in [6.45, 7) is 8.85. The fraction of sp³-hybridized carbons (Fsp3) is 0.273. The maximum absolute atomic E-state index is 13.5. The summed E-state index contributed by atoms with van der Waals surface area (Å²) in [5, 5.41) is 7.53. The van der Waals surface area contributed by atoms with Gasteiger partial charge in [-0.1, -0.05) is 35.9 Å². The summed E-state index contributed by atoms with van der Waals surface area (Å²) in [7, 11) is 0. The van der Waals surface area contributed by atoms with Gasteiger partial charge in [0.2, 0.25) is 5.91 Å². The molecule has 0 spiro atoms. The van der Waals surface area contributed by atoms with E-state index in [1.807, 2.05) is 44.2 Å². The molecule has 218 valence electrons. The predicted octanol–water partition coefficient (Wildman–Crippen LogP) is 6.08. The molecule has 2 N–H and O–H groups in total. The summed E-state index contributed by atoms with van der Waals surface area (Å²) in [5.41, 5.74) is 2.51. The minimum absolute atomic E-state index is 0.000673. The molecule has 0 fully saturated rings. The maximum atomic E-state index is 13.5. The van der Waals surface area contributed by atoms with Gasteiger partial charge < -0.3 is 24.8 Å². The van der Waals surface area contributed by atoms with Crippen LogP contribution in [0, 0.1) is 13.8 Å². The lowest BCUT2D eigenvalue weighted by atomic mass is 9.97. The number of aryl methyl sites for hydroxylation is 2. The number of ether oxygens (including phenoxy) is 3. The molecule has 0 radical (unpaired) electrons. The second kappa shape index (κ2) is 13.2. The summed E-state index contributed by atoms with van der Waals surface area (Å²) < 4.78 is 16.4. The molecule has 9 nitrogen and oxygen atoms in total. The molecule has 0 aliphatic carbocycles. The Hall–Kier alpha value is -4.92. The summed E-state index contributed by atoms with van der Waals surface area (Å²) >= 11 is 0. The quantitative estimate of drug-likeness (QED) is 0.185. The third-order valence-corrected chi connectivity index (χ3v) is 6.27. The number of carbonyl (C=O) groups excluding carboxylic acids is 3. The number of nitrogens with zero attached hydrogens (tertiary/aromatic N) is 1. The lowest BCUT2D eigenvalue weighted by Crippen LogP contribution is -2.37. The third-order valence-electron chi connectivity index (χ3n) is 6.27. The average molecular weight is 570 g/mol. The molecular formula is C33H35N3O6. The number of pyridine rings is 1. The number of hydrogen-bond donors (Lipinski definition) is 2. The molecule has 0 aliphatic heterocycles. The van der Waals surface area contributed by atoms with Gasteiger partial charge in [-0.2, -0.15) is 0 Å². The van der Waals surface area contributed by atoms with E-state index in [-0.39, 0.29) is 19.1 Å². The topological polar surface area (TPSA) is 116 Å². The van der Waals surface area contributed by atoms with Crippen LogP contribution in [-0.4, -0.2) is 41.7 Å². The fourth-order valence-electron chi connectivity index (χ4n) is 4.26. The van der Waals surface area contributed by atoms with E-state index in [0.29, 0.717) is 22.7 Å². The maximum Gasteiger partial charge on any atom is 0.407 e. The smallest absolute Gasteiger partial charge is 0.407 e. The Kier molecular flexibility index (Phi) is 9.42. The Labute approximate surface area is 245 Å². The molecule has 4 aromatic rings. The van der Waals surface area contributed by atoms with Gasteiger partial charge in [-0.25, -0.2) is 9.59 Å². The molecule has 1 atom stereocenters. The van der Waals surface area contributed by atoms with Crippen molar-refractivity contribution in [2.24, 2.45) is 0 Å². The first kappa shape index (κ1) is 30.0. The molecule has 0 bridgehead atoms. The molecule has 3 aromatic carbocycles. The van der Waals surface area contributed by atoms with Crippen LogP contribution in [-0.2, 0) is 14.3 Å². The van der Waals surface area contributed by atoms with Gasteiger partial charge in [0, 0.05) is 30.0 Å². The van der Waals surface area contributed by atoms with Crippen molar-refractivity contribution in [1.29, 1.82) is 0 Å². The number of esters is 1. The van der Waals surface area contributed by atoms with E-state index in [1.54, 1.807) is 69.6 Å². The standard InChI is InChI=1S/C33H35N3O6/c1-21-6-13-29(22(2)16-21)41-30(37)20-40-27-11-8-23(9-12-27)28(19-35-32(39)42-33(3,4)5)31(38)36-26-10-7-25-18-34-15-14-24(25)17-26/h6-18,28H,19-20H2,1-5H3,(H,35,39)(H,36,38). The Morgan fingerprint density at radius 3 is 2.38 bits per heavy atom. The molecule has 0 saturated heterocycles. The zero-order valence-electron chi connectivity index (χ0n) is 24.4. The lowest BCUT2D eigenvalue weighted by Gasteiger charge is -2.22. The highest BCUT2D eigenvalue weighted by atomic mass is 16.6. The van der Waals surface area contributed by atoms with Crippen molar-refractivity contribution in [3.8, 4) is 11.5 Å². The minimum atomic E-state index is -0.741. The van der Waals surface area contributed by atoms with Crippen LogP contribution in [0.4, 0.5) is 10.5 Å². The molecule has 2 amide bonds. The van der Waals surface area contributed by atoms with Gasteiger partial charge in [-0.15, -0.1) is 0 Å². The summed E-state index contributed by atoms with van der Waals surface area (Å²) in [5.74, 6) is -0.673. The number of nitrogens with one attached hydrogen (secondary N) is 2. The van der Waals surface area contributed by atoms with E-state index in [0.717, 1.165) is 21.9 Å². The summed E-state index contributed by atoms with van der Waals surface area (Å²) in [6, 6.07) is 19.7. The van der Waals surface area contributed by atoms with E-state index >= 15 is 0 Å². The van der Waals surface area contributed by atoms with E-state index in [1.165, 1.54) is 0 Å². The zero-order valence-corrected chi connectivity index (χ0v) is 24.4. The number of alkyl carbamates (subject to hydrolysis) is 1. The van der Waals surface area contributed by atoms with E-state index in [9.17, 15) is 14.4 Å². The highest BCUT2D eigenvalue weighted by Gasteiger charge is 2.24. The fourth-order valence-corrected chi connectivity index (χ4v) is 4.26. The minimum Gasteiger partial charge on any atom is -0.482 e. The Balaban J connectivity index is 1.44. The zero-order chi connectivity index (χ0) is 30.3. The molecule has 1 unspecified atom stereocenters. The first-order valence-electron chi connectivity index (χ1n) is 13.6. The molecule has 1 aromatic heterocycles. The van der Waals surface area contributed by atoms with Crippen molar-refractivity contribution in [3.63, 3.8) is 0 Å². The van der Waals surface area contributed by atoms with Crippen molar-refractivity contribution < 1.29 is 28.6 Å². The van der Waals surface area contributed by atoms with Crippen LogP contribution in [0.2, 0.25) is 0 Å². The van der Waals surface area contributed by atoms with Crippen LogP contribution >= 0.6 is 0 Å². The molecule has 4 rings (SSSR count). The largest absolute Gasteiger partial charge is 0.482 e. The van der Waals surface area contributed by atoms with Crippen LogP contribution in [0.1, 0.15) is 43.4 Å². The van der Waals surface area contributed by atoms with Crippen LogP contribution in [0.3, 0.4) is 0 Å². The molecule has 42 heavy (non-hydrogen) atoms. The lowest BCUT2D eigenvalue weighted by molar-refractivity contribution is -0.136. The van der Waals surface area contributed by atoms with Gasteiger partial charge in [0.1, 0.15) is 17.1 Å². The summed E-state index contributed by atoms with van der Waals surface area (Å²) in [4.78, 5) is 42.3. The van der Waals surface area contributed by atoms with Crippen molar-refractivity contribution in [3.05, 3.63) is 95.8 Å². The summed E-state index contributed by atoms with van der Waals surface area (Å²) in [6.07, 6.45) is 2.82. The number of anilines is 1. The monoisotopic (exact) mass is 569 g/mol. The number of carbonyl (C=O) groups is 3. The van der Waals surface area contributed by atoms with Gasteiger partial charge in [0.25, 0.3) is 0 Å². The van der Waals surface area contributed by atoms with E-state index in [2.05, 4.69) is 15.6 Å². The van der Waals surface area contributed by atoms with Crippen molar-refractivity contribution in [1.82, 2.24) is 10.3 Å². The predicted molar refractivity (Wildman–Crippen MR) is 161 cm³/mol. The number of benzene rings is 3. The van der Waals surface area contributed by atoms with Crippen molar-refractivity contribution in [2.45, 2.75) is 46.1 Å². The Bertz CT molecular complexity index is 1580. The Morgan fingerprint density at radius 1 is 0.905 bits per heavy atom. The SMILES string of the molecule is Cc1ccc(OC(=O)COc2ccc(C(CNC(=O)OC(C)(C)C)C(=O)Nc3ccc4cnccc4c3)cc2)c(C)c1. The highest BCUT2D eigenvalue weighted by molar-refractivity contribution is 5.98. The average Bonchev–Trinajstić information content (AvgIpc) is 2.93. The van der Waals surface area contributed by atoms with Crippen molar-refractivity contribution >= 4 is 34.4 Å². The number of rotatable bonds is 9. The van der Waals surface area contributed by atoms with Gasteiger partial charge in [-0.3, -0.25) is 9.78 Å². The molecule has 9 heteroatoms. The Morgan fingerprint density at radius 2 is 1.67 bits per heavy atom. The molecule has 1 heterocycles. The highest BCUT2D eigenvalue weighted by Crippen LogP contribution is 2.24. The van der Waals surface area contributed by atoms with Gasteiger partial charge >= 0.3 is 12.1 Å². The number of amides is 2. The van der Waals surface area contributed by atoms with Crippen molar-refractivity contribution in [2.75, 3.05) is 18.5 Å². The van der Waals surface area contributed by atoms with Crippen LogP contribution < -0.4 is 20.1 Å². The number of aromatic nitrogens is 1. The van der Waals surface area contributed by atoms with Gasteiger partial charge in [0.15, 0.2) is 6.61 Å². The number of hydrogen-bond acceptors (Lipinski definition) is 7. The second-order valence-electron chi connectivity index (χ2n) is 11.0. The van der Waals surface area contributed by atoms with Gasteiger partial charge in [-0.05, 0) is 87.5 Å².